The first-order valence-electron chi connectivity index (χ1n) is 7.09. The molecule has 1 unspecified atom stereocenters. The molecule has 1 atom stereocenters. The first-order valence-corrected chi connectivity index (χ1v) is 7.09. The van der Waals surface area contributed by atoms with Gasteiger partial charge in [0.2, 0.25) is 0 Å². The van der Waals surface area contributed by atoms with Gasteiger partial charge >= 0.3 is 6.18 Å². The van der Waals surface area contributed by atoms with Crippen molar-refractivity contribution >= 4 is 5.82 Å². The Kier molecular flexibility index (Phi) is 5.09. The van der Waals surface area contributed by atoms with Gasteiger partial charge in [-0.3, -0.25) is 4.68 Å². The molecule has 2 aromatic heterocycles. The Morgan fingerprint density at radius 3 is 2.58 bits per heavy atom. The zero-order chi connectivity index (χ0) is 17.9. The fourth-order valence-electron chi connectivity index (χ4n) is 2.25. The van der Waals surface area contributed by atoms with Gasteiger partial charge in [0.15, 0.2) is 0 Å². The Labute approximate surface area is 137 Å². The summed E-state index contributed by atoms with van der Waals surface area (Å²) in [4.78, 5) is 5.45. The van der Waals surface area contributed by atoms with Crippen molar-refractivity contribution in [1.29, 1.82) is 5.26 Å². The first-order chi connectivity index (χ1) is 11.2. The predicted molar refractivity (Wildman–Crippen MR) is 82.1 cm³/mol. The van der Waals surface area contributed by atoms with E-state index < -0.39 is 11.9 Å². The molecule has 2 aromatic rings. The van der Waals surface area contributed by atoms with Crippen molar-refractivity contribution in [3.8, 4) is 6.07 Å². The van der Waals surface area contributed by atoms with Gasteiger partial charge in [0, 0.05) is 25.4 Å². The van der Waals surface area contributed by atoms with Crippen LogP contribution in [0.15, 0.2) is 24.5 Å². The van der Waals surface area contributed by atoms with Crippen molar-refractivity contribution in [1.82, 2.24) is 19.7 Å². The highest BCUT2D eigenvalue weighted by Gasteiger charge is 2.33. The number of pyridine rings is 1. The second-order valence-electron chi connectivity index (χ2n) is 5.51. The van der Waals surface area contributed by atoms with E-state index in [1.807, 2.05) is 31.3 Å². The van der Waals surface area contributed by atoms with Crippen LogP contribution >= 0.6 is 0 Å². The SMILES string of the molecule is CN(C)C(CNc1nc(C(F)(F)F)ccc1C#N)c1cnn(C)c1. The number of hydrogen-bond donors (Lipinski definition) is 1. The van der Waals surface area contributed by atoms with E-state index >= 15 is 0 Å². The maximum atomic E-state index is 12.8. The molecule has 0 saturated carbocycles. The molecule has 0 aromatic carbocycles. The minimum atomic E-state index is -4.56. The number of likely N-dealkylation sites (N-methyl/N-ethyl adjacent to an activating group) is 1. The number of alkyl halides is 3. The summed E-state index contributed by atoms with van der Waals surface area (Å²) in [5, 5.41) is 16.0. The van der Waals surface area contributed by atoms with Crippen LogP contribution in [0.1, 0.15) is 22.9 Å². The molecule has 6 nitrogen and oxygen atoms in total. The summed E-state index contributed by atoms with van der Waals surface area (Å²) in [7, 11) is 5.49. The quantitative estimate of drug-likeness (QED) is 0.907. The van der Waals surface area contributed by atoms with Gasteiger partial charge in [0.05, 0.1) is 17.8 Å². The van der Waals surface area contributed by atoms with Crippen molar-refractivity contribution < 1.29 is 13.2 Å². The minimum Gasteiger partial charge on any atom is -0.367 e. The summed E-state index contributed by atoms with van der Waals surface area (Å²) >= 11 is 0. The van der Waals surface area contributed by atoms with Crippen LogP contribution in [0.5, 0.6) is 0 Å². The Bertz CT molecular complexity index is 744. The zero-order valence-corrected chi connectivity index (χ0v) is 13.5. The summed E-state index contributed by atoms with van der Waals surface area (Å²) in [6, 6.07) is 3.63. The molecule has 0 spiro atoms. The second kappa shape index (κ2) is 6.88. The van der Waals surface area contributed by atoms with Crippen LogP contribution in [-0.4, -0.2) is 40.3 Å². The molecule has 0 bridgehead atoms. The molecule has 9 heteroatoms. The van der Waals surface area contributed by atoms with Gasteiger partial charge in [0.25, 0.3) is 0 Å². The third kappa shape index (κ3) is 4.02. The number of anilines is 1. The Balaban J connectivity index is 2.24. The van der Waals surface area contributed by atoms with Crippen LogP contribution < -0.4 is 5.32 Å². The van der Waals surface area contributed by atoms with E-state index in [9.17, 15) is 13.2 Å². The van der Waals surface area contributed by atoms with E-state index in [4.69, 9.17) is 5.26 Å². The number of aryl methyl sites for hydroxylation is 1. The third-order valence-corrected chi connectivity index (χ3v) is 3.50. The molecule has 0 aliphatic carbocycles. The van der Waals surface area contributed by atoms with Crippen LogP contribution in [-0.2, 0) is 13.2 Å². The predicted octanol–water partition coefficient (Wildman–Crippen LogP) is 2.42. The van der Waals surface area contributed by atoms with Crippen molar-refractivity contribution in [2.24, 2.45) is 7.05 Å². The second-order valence-corrected chi connectivity index (χ2v) is 5.51. The highest BCUT2D eigenvalue weighted by molar-refractivity contribution is 5.52. The normalized spacial score (nSPS) is 12.9. The van der Waals surface area contributed by atoms with Gasteiger partial charge in [-0.25, -0.2) is 4.98 Å². The van der Waals surface area contributed by atoms with E-state index in [1.165, 1.54) is 0 Å². The van der Waals surface area contributed by atoms with Crippen LogP contribution in [0.3, 0.4) is 0 Å². The lowest BCUT2D eigenvalue weighted by atomic mass is 10.1. The van der Waals surface area contributed by atoms with Crippen molar-refractivity contribution in [2.75, 3.05) is 26.0 Å². The summed E-state index contributed by atoms with van der Waals surface area (Å²) in [6.45, 7) is 0.279. The lowest BCUT2D eigenvalue weighted by Gasteiger charge is -2.24. The minimum absolute atomic E-state index is 0.0618. The Morgan fingerprint density at radius 1 is 1.38 bits per heavy atom. The Morgan fingerprint density at radius 2 is 2.08 bits per heavy atom. The van der Waals surface area contributed by atoms with Crippen LogP contribution in [0.2, 0.25) is 0 Å². The largest absolute Gasteiger partial charge is 0.433 e. The molecule has 128 valence electrons. The number of nitrogens with zero attached hydrogens (tertiary/aromatic N) is 5. The summed E-state index contributed by atoms with van der Waals surface area (Å²) in [5.41, 5.74) is -0.0704. The zero-order valence-electron chi connectivity index (χ0n) is 13.5. The van der Waals surface area contributed by atoms with Gasteiger partial charge in [-0.1, -0.05) is 0 Å². The van der Waals surface area contributed by atoms with E-state index in [2.05, 4.69) is 15.4 Å². The van der Waals surface area contributed by atoms with Gasteiger partial charge in [-0.2, -0.15) is 23.5 Å². The lowest BCUT2D eigenvalue weighted by molar-refractivity contribution is -0.141. The Hall–Kier alpha value is -2.60. The number of halogens is 3. The number of nitrogens with one attached hydrogen (secondary N) is 1. The average molecular weight is 338 g/mol. The molecule has 1 N–H and O–H groups in total. The number of nitriles is 1. The lowest BCUT2D eigenvalue weighted by Crippen LogP contribution is -2.27. The van der Waals surface area contributed by atoms with Gasteiger partial charge in [0.1, 0.15) is 17.6 Å². The van der Waals surface area contributed by atoms with Crippen molar-refractivity contribution in [3.05, 3.63) is 41.3 Å². The van der Waals surface area contributed by atoms with Crippen LogP contribution in [0.4, 0.5) is 19.0 Å². The van der Waals surface area contributed by atoms with E-state index in [-0.39, 0.29) is 24.0 Å². The molecule has 0 radical (unpaired) electrons. The van der Waals surface area contributed by atoms with Gasteiger partial charge in [-0.05, 0) is 26.2 Å². The van der Waals surface area contributed by atoms with Crippen LogP contribution in [0.25, 0.3) is 0 Å². The highest BCUT2D eigenvalue weighted by Crippen LogP contribution is 2.29. The first kappa shape index (κ1) is 17.7. The molecule has 2 rings (SSSR count). The standard InChI is InChI=1S/C15H17F3N6/c1-23(2)12(11-7-21-24(3)9-11)8-20-14-10(6-19)4-5-13(22-14)15(16,17)18/h4-5,7,9,12H,8H2,1-3H3,(H,20,22). The molecule has 0 saturated heterocycles. The number of hydrogen-bond acceptors (Lipinski definition) is 5. The summed E-state index contributed by atoms with van der Waals surface area (Å²) < 4.78 is 40.1. The summed E-state index contributed by atoms with van der Waals surface area (Å²) in [6.07, 6.45) is -1.04. The number of rotatable bonds is 5. The maximum absolute atomic E-state index is 12.8. The fraction of sp³-hybridized carbons (Fsp3) is 0.400. The smallest absolute Gasteiger partial charge is 0.367 e. The molecule has 0 aliphatic rings. The monoisotopic (exact) mass is 338 g/mol. The molecule has 2 heterocycles. The average Bonchev–Trinajstić information content (AvgIpc) is 2.92. The molecular formula is C15H17F3N6. The molecule has 0 aliphatic heterocycles. The third-order valence-electron chi connectivity index (χ3n) is 3.50. The van der Waals surface area contributed by atoms with E-state index in [1.54, 1.807) is 17.9 Å². The fourth-order valence-corrected chi connectivity index (χ4v) is 2.25. The topological polar surface area (TPSA) is 69.8 Å². The number of aromatic nitrogens is 3. The molecule has 0 fully saturated rings. The van der Waals surface area contributed by atoms with Crippen LogP contribution in [0, 0.1) is 11.3 Å². The maximum Gasteiger partial charge on any atom is 0.433 e. The van der Waals surface area contributed by atoms with Crippen molar-refractivity contribution in [2.45, 2.75) is 12.2 Å². The van der Waals surface area contributed by atoms with E-state index in [0.717, 1.165) is 17.7 Å². The molecular weight excluding hydrogens is 321 g/mol. The molecule has 24 heavy (non-hydrogen) atoms. The molecule has 0 amide bonds. The highest BCUT2D eigenvalue weighted by atomic mass is 19.4. The van der Waals surface area contributed by atoms with Crippen molar-refractivity contribution in [3.63, 3.8) is 0 Å². The van der Waals surface area contributed by atoms with Gasteiger partial charge < -0.3 is 10.2 Å². The van der Waals surface area contributed by atoms with Gasteiger partial charge in [-0.15, -0.1) is 0 Å². The summed E-state index contributed by atoms with van der Waals surface area (Å²) in [5.74, 6) is -0.0805. The van der Waals surface area contributed by atoms with E-state index in [0.29, 0.717) is 0 Å².